The van der Waals surface area contributed by atoms with Gasteiger partial charge in [0.25, 0.3) is 0 Å². The van der Waals surface area contributed by atoms with Gasteiger partial charge < -0.3 is 49.6 Å². The molecule has 0 radical (unpaired) electrons. The Morgan fingerprint density at radius 3 is 2.28 bits per heavy atom. The number of rotatable bonds is 2. The molecule has 276 valence electrons. The number of esters is 1. The molecule has 4 heterocycles. The maximum atomic E-state index is 13.7. The van der Waals surface area contributed by atoms with Crippen molar-refractivity contribution in [3.05, 3.63) is 58.7 Å². The second-order valence-electron chi connectivity index (χ2n) is 16.2. The lowest BCUT2D eigenvalue weighted by Gasteiger charge is -2.66. The number of aliphatic hydroxyl groups is 6. The van der Waals surface area contributed by atoms with Crippen LogP contribution in [0.3, 0.4) is 0 Å². The van der Waals surface area contributed by atoms with E-state index in [0.717, 1.165) is 32.1 Å². The average molecular weight is 719 g/mol. The molecule has 7 aliphatic rings. The van der Waals surface area contributed by atoms with Crippen LogP contribution in [0.4, 0.5) is 0 Å². The van der Waals surface area contributed by atoms with Crippen molar-refractivity contribution in [1.82, 2.24) is 0 Å². The molecule has 8 rings (SSSR count). The Morgan fingerprint density at radius 1 is 0.940 bits per heavy atom. The second-order valence-corrected chi connectivity index (χ2v) is 16.5. The summed E-state index contributed by atoms with van der Waals surface area (Å²) in [6, 6.07) is 8.33. The lowest BCUT2D eigenvalue weighted by molar-refractivity contribution is -0.498. The summed E-state index contributed by atoms with van der Waals surface area (Å²) >= 11 is 6.39. The third kappa shape index (κ3) is 4.99. The standard InChI is InChI=1S/C38H51ClO11/c1-21-12-8-5-6-9-13-22(2)31(41)47-29-24(19-39)16-27-36(29,45)32(42)34(20-40)30(48-34)26-18-35(44,33(4,43)17-21)28-23(3)37(26,27)50-38(46,49-28)25-14-10-7-11-15-25/h7,10-11,14-16,19,21-23,26,28-30,32,40,42-46H,5-6,8-9,12-13,17-18,20H2,1-4H3/b24-19+/t21-,22-,23+,26?,28+,29-,30-,32+,33+,34-,35+,36+,37+,38?/m0/s1. The molecular weight excluding hydrogens is 668 g/mol. The smallest absolute Gasteiger partial charge is 0.310 e. The van der Waals surface area contributed by atoms with E-state index >= 15 is 0 Å². The van der Waals surface area contributed by atoms with Crippen molar-refractivity contribution in [3.8, 4) is 0 Å². The van der Waals surface area contributed by atoms with Crippen LogP contribution in [0.15, 0.2) is 53.1 Å². The van der Waals surface area contributed by atoms with Gasteiger partial charge in [-0.25, -0.2) is 0 Å². The van der Waals surface area contributed by atoms with Crippen molar-refractivity contribution >= 4 is 17.6 Å². The number of fused-ring (bicyclic) bond motifs is 12. The first-order chi connectivity index (χ1) is 23.6. The molecule has 12 heteroatoms. The fourth-order valence-electron chi connectivity index (χ4n) is 10.3. The Kier molecular flexibility index (Phi) is 8.99. The van der Waals surface area contributed by atoms with E-state index in [0.29, 0.717) is 6.42 Å². The van der Waals surface area contributed by atoms with Crippen molar-refractivity contribution in [2.24, 2.45) is 23.7 Å². The molecule has 11 nitrogen and oxygen atoms in total. The molecule has 1 aromatic carbocycles. The Morgan fingerprint density at radius 2 is 1.62 bits per heavy atom. The van der Waals surface area contributed by atoms with Gasteiger partial charge >= 0.3 is 11.9 Å². The zero-order valence-corrected chi connectivity index (χ0v) is 29.9. The lowest BCUT2D eigenvalue weighted by Crippen LogP contribution is -2.78. The van der Waals surface area contributed by atoms with Crippen LogP contribution < -0.4 is 0 Å². The number of hydrogen-bond acceptors (Lipinski definition) is 11. The van der Waals surface area contributed by atoms with Gasteiger partial charge in [-0.1, -0.05) is 94.8 Å². The summed E-state index contributed by atoms with van der Waals surface area (Å²) in [5, 5.41) is 74.2. The van der Waals surface area contributed by atoms with E-state index in [1.165, 1.54) is 11.6 Å². The van der Waals surface area contributed by atoms with Crippen LogP contribution in [0.25, 0.3) is 0 Å². The van der Waals surface area contributed by atoms with E-state index in [2.05, 4.69) is 0 Å². The normalized spacial score (nSPS) is 51.5. The summed E-state index contributed by atoms with van der Waals surface area (Å²) in [7, 11) is 0. The molecule has 0 aromatic heterocycles. The molecule has 50 heavy (non-hydrogen) atoms. The number of epoxide rings is 1. The first-order valence-electron chi connectivity index (χ1n) is 18.1. The Balaban J connectivity index is 1.49. The Bertz CT molecular complexity index is 1550. The van der Waals surface area contributed by atoms with E-state index in [4.69, 9.17) is 30.5 Å². The van der Waals surface area contributed by atoms with Gasteiger partial charge in [-0.2, -0.15) is 0 Å². The number of ether oxygens (including phenoxy) is 4. The Labute approximate surface area is 297 Å². The summed E-state index contributed by atoms with van der Waals surface area (Å²) in [6.45, 7) is 6.38. The van der Waals surface area contributed by atoms with Gasteiger partial charge in [0.1, 0.15) is 29.0 Å². The predicted octanol–water partition coefficient (Wildman–Crippen LogP) is 3.31. The molecule has 7 bridgehead atoms. The topological polar surface area (TPSA) is 179 Å². The van der Waals surface area contributed by atoms with Crippen molar-refractivity contribution < 1.29 is 54.4 Å². The van der Waals surface area contributed by atoms with Crippen molar-refractivity contribution in [1.29, 1.82) is 0 Å². The number of carbonyl (C=O) groups excluding carboxylic acids is 1. The third-order valence-corrected chi connectivity index (χ3v) is 13.3. The zero-order valence-electron chi connectivity index (χ0n) is 29.1. The minimum Gasteiger partial charge on any atom is -0.454 e. The highest BCUT2D eigenvalue weighted by Gasteiger charge is 2.85. The van der Waals surface area contributed by atoms with Crippen molar-refractivity contribution in [2.75, 3.05) is 6.61 Å². The first-order valence-corrected chi connectivity index (χ1v) is 18.5. The predicted molar refractivity (Wildman–Crippen MR) is 180 cm³/mol. The number of carbonyl (C=O) groups is 1. The summed E-state index contributed by atoms with van der Waals surface area (Å²) in [5.74, 6) is -5.55. The minimum atomic E-state index is -2.53. The highest BCUT2D eigenvalue weighted by atomic mass is 35.5. The lowest BCUT2D eigenvalue weighted by atomic mass is 9.53. The third-order valence-electron chi connectivity index (χ3n) is 13.1. The van der Waals surface area contributed by atoms with Gasteiger partial charge in [-0.05, 0) is 38.2 Å². The molecule has 14 atom stereocenters. The molecular formula is C38H51ClO11. The van der Waals surface area contributed by atoms with Crippen LogP contribution >= 0.6 is 11.6 Å². The number of benzene rings is 1. The Hall–Kier alpha value is -1.90. The molecule has 2 saturated carbocycles. The molecule has 3 aliphatic carbocycles. The maximum Gasteiger partial charge on any atom is 0.310 e. The molecule has 6 N–H and O–H groups in total. The van der Waals surface area contributed by atoms with E-state index in [1.54, 1.807) is 51.1 Å². The van der Waals surface area contributed by atoms with E-state index in [-0.39, 0.29) is 35.5 Å². The summed E-state index contributed by atoms with van der Waals surface area (Å²) in [4.78, 5) is 13.7. The molecule has 1 spiro atoms. The number of aliphatic hydroxyl groups excluding tert-OH is 2. The fraction of sp³-hybridized carbons (Fsp3) is 0.711. The van der Waals surface area contributed by atoms with Gasteiger partial charge in [0.15, 0.2) is 11.7 Å². The summed E-state index contributed by atoms with van der Waals surface area (Å²) in [6.07, 6.45) is 0.642. The van der Waals surface area contributed by atoms with E-state index < -0.39 is 88.7 Å². The summed E-state index contributed by atoms with van der Waals surface area (Å²) < 4.78 is 25.6. The molecule has 2 unspecified atom stereocenters. The van der Waals surface area contributed by atoms with Crippen molar-refractivity contribution in [2.45, 2.75) is 137 Å². The zero-order chi connectivity index (χ0) is 36.1. The van der Waals surface area contributed by atoms with Crippen molar-refractivity contribution in [3.63, 3.8) is 0 Å². The largest absolute Gasteiger partial charge is 0.454 e. The van der Waals surface area contributed by atoms with E-state index in [9.17, 15) is 35.4 Å². The second kappa shape index (κ2) is 12.3. The van der Waals surface area contributed by atoms with Crippen LogP contribution in [0.1, 0.15) is 84.6 Å². The SMILES string of the molecule is C[C@H]1CCCCCC[C@H](C)C(=O)O[C@H]2/C(=C/Cl)C=C3[C@]2(O)[C@H](O)[C@@]2(CO)O[C@H]2C2C[C@@](O)([C@@H]4OC(O)(c5ccccc5)O[C@@]32[C@@H]4C)[C@](C)(O)C1. The minimum absolute atomic E-state index is 0.00400. The molecule has 4 aliphatic heterocycles. The summed E-state index contributed by atoms with van der Waals surface area (Å²) in [5.41, 5.74) is -8.23. The average Bonchev–Trinajstić information content (AvgIpc) is 3.76. The van der Waals surface area contributed by atoms with Crippen LogP contribution in [-0.2, 0) is 29.7 Å². The monoisotopic (exact) mass is 718 g/mol. The molecule has 6 fully saturated rings. The van der Waals surface area contributed by atoms with Gasteiger partial charge in [0, 0.05) is 34.1 Å². The molecule has 4 saturated heterocycles. The van der Waals surface area contributed by atoms with E-state index in [1.807, 2.05) is 6.92 Å². The van der Waals surface area contributed by atoms with Crippen LogP contribution in [0, 0.1) is 23.7 Å². The first kappa shape index (κ1) is 36.5. The quantitative estimate of drug-likeness (QED) is 0.195. The maximum absolute atomic E-state index is 13.7. The van der Waals surface area contributed by atoms with Crippen LogP contribution in [0.2, 0.25) is 0 Å². The molecule has 1 aromatic rings. The fourth-order valence-corrected chi connectivity index (χ4v) is 10.4. The number of halogens is 1. The number of hydrogen-bond donors (Lipinski definition) is 6. The van der Waals surface area contributed by atoms with Crippen LogP contribution in [-0.4, -0.2) is 95.6 Å². The highest BCUT2D eigenvalue weighted by molar-refractivity contribution is 6.26. The van der Waals surface area contributed by atoms with Gasteiger partial charge in [0.2, 0.25) is 0 Å². The van der Waals surface area contributed by atoms with Gasteiger partial charge in [0.05, 0.1) is 24.2 Å². The molecule has 0 amide bonds. The van der Waals surface area contributed by atoms with Gasteiger partial charge in [-0.3, -0.25) is 4.79 Å². The van der Waals surface area contributed by atoms with Crippen LogP contribution in [0.5, 0.6) is 0 Å². The van der Waals surface area contributed by atoms with Gasteiger partial charge in [-0.15, -0.1) is 0 Å². The highest BCUT2D eigenvalue weighted by Crippen LogP contribution is 2.70.